The summed E-state index contributed by atoms with van der Waals surface area (Å²) in [4.78, 5) is 12.1. The lowest BCUT2D eigenvalue weighted by Crippen LogP contribution is -2.65. The SMILES string of the molecule is CO[C@]1(CC[C@@H](C)CO[C@@H]2O[C@H](CO)[C@@H](O)[C@H](O)[C@H]2O)O[C@H]2C[C@H]3[C@@H]4CC=C5C[C@@H](O[C@@H]6O[C@H](C(=O)O)[C@@H](O)[C@H](O)[C@H]6O[C@@H]6O[C@@H](C)[C@H](O)[C@@H](O)[C@H]6O)CC[C@]5(C)[C@H]4CC[C@]3(C)[C@H]2[C@@H]1C. The van der Waals surface area contributed by atoms with Crippen LogP contribution < -0.4 is 0 Å². The van der Waals surface area contributed by atoms with E-state index < -0.39 is 117 Å². The van der Waals surface area contributed by atoms with Crippen LogP contribution >= 0.6 is 0 Å². The number of methoxy groups -OCH3 is 1. The molecule has 0 radical (unpaired) electrons. The second kappa shape index (κ2) is 19.0. The summed E-state index contributed by atoms with van der Waals surface area (Å²) in [5, 5.41) is 103. The van der Waals surface area contributed by atoms with Crippen molar-refractivity contribution in [2.24, 2.45) is 46.3 Å². The molecule has 0 aromatic heterocycles. The molecule has 8 aliphatic rings. The quantitative estimate of drug-likeness (QED) is 0.108. The molecule has 0 aromatic rings. The molecule has 3 saturated carbocycles. The lowest BCUT2D eigenvalue weighted by molar-refractivity contribution is -0.366. The van der Waals surface area contributed by atoms with E-state index in [1.807, 2.05) is 6.92 Å². The fraction of sp³-hybridized carbons (Fsp3) is 0.935. The van der Waals surface area contributed by atoms with Crippen LogP contribution in [-0.4, -0.2) is 187 Å². The molecule has 0 unspecified atom stereocenters. The van der Waals surface area contributed by atoms with Crippen LogP contribution in [-0.2, 0) is 42.7 Å². The van der Waals surface area contributed by atoms with E-state index in [-0.39, 0.29) is 35.4 Å². The third-order valence-electron chi connectivity index (χ3n) is 17.7. The van der Waals surface area contributed by atoms with Crippen LogP contribution in [0.3, 0.4) is 0 Å². The number of aliphatic hydroxyl groups excluding tert-OH is 9. The Morgan fingerprint density at radius 1 is 0.831 bits per heavy atom. The fourth-order valence-corrected chi connectivity index (χ4v) is 13.8. The zero-order valence-corrected chi connectivity index (χ0v) is 38.3. The summed E-state index contributed by atoms with van der Waals surface area (Å²) in [6.45, 7) is 10.3. The van der Waals surface area contributed by atoms with Crippen molar-refractivity contribution in [3.05, 3.63) is 11.6 Å². The van der Waals surface area contributed by atoms with Crippen LogP contribution in [0.5, 0.6) is 0 Å². The molecule has 0 aromatic carbocycles. The zero-order chi connectivity index (χ0) is 47.1. The first-order chi connectivity index (χ1) is 30.7. The molecule has 10 N–H and O–H groups in total. The number of aliphatic carboxylic acids is 1. The van der Waals surface area contributed by atoms with Crippen LogP contribution in [0.25, 0.3) is 0 Å². The van der Waals surface area contributed by atoms with Crippen LogP contribution in [0, 0.1) is 46.3 Å². The van der Waals surface area contributed by atoms with Gasteiger partial charge in [-0.2, -0.15) is 0 Å². The first-order valence-electron chi connectivity index (χ1n) is 23.8. The Morgan fingerprint density at radius 2 is 1.54 bits per heavy atom. The van der Waals surface area contributed by atoms with E-state index in [0.29, 0.717) is 49.4 Å². The number of allylic oxidation sites excluding steroid dienone is 1. The monoisotopic (exact) mass is 930 g/mol. The highest BCUT2D eigenvalue weighted by Crippen LogP contribution is 2.70. The Morgan fingerprint density at radius 3 is 2.23 bits per heavy atom. The van der Waals surface area contributed by atoms with Gasteiger partial charge in [0.25, 0.3) is 0 Å². The average molecular weight is 931 g/mol. The standard InChI is InChI=1S/C46H74O19/c1-19(18-59-41-36(54)33(51)31(49)28(17-47)62-41)9-14-46(58-6)20(2)29-27(65-46)16-26-24-8-7-22-15-23(10-12-44(22,4)25(24)11-13-45(26,29)5)61-43-39(35(53)34(52)38(63-43)40(56)57)64-42-37(55)32(50)30(48)21(3)60-42/h7,19-21,23-39,41-43,47-55H,8-18H2,1-6H3,(H,56,57)/t19-,20+,21+,23+,24-,25+,26+,27+,28-,29+,30+,31-,32-,33+,34+,35+,36-,37-,38+,39-,41-,42+,43-,44+,45+,46-/m1/s1. The molecular weight excluding hydrogens is 856 g/mol. The molecular formula is C46H74O19. The van der Waals surface area contributed by atoms with E-state index in [9.17, 15) is 55.9 Å². The lowest BCUT2D eigenvalue weighted by atomic mass is 9.47. The van der Waals surface area contributed by atoms with Gasteiger partial charge in [0.1, 0.15) is 61.0 Å². The summed E-state index contributed by atoms with van der Waals surface area (Å²) in [5.41, 5.74) is 1.20. The van der Waals surface area contributed by atoms with Gasteiger partial charge in [-0.05, 0) is 98.7 Å². The smallest absolute Gasteiger partial charge is 0.335 e. The summed E-state index contributed by atoms with van der Waals surface area (Å²) in [5.74, 6) is -0.539. The molecule has 4 heterocycles. The maximum absolute atomic E-state index is 12.1. The molecule has 4 aliphatic carbocycles. The van der Waals surface area contributed by atoms with Gasteiger partial charge in [-0.15, -0.1) is 0 Å². The van der Waals surface area contributed by atoms with Crippen molar-refractivity contribution < 1.29 is 93.8 Å². The summed E-state index contributed by atoms with van der Waals surface area (Å²) >= 11 is 0. The highest BCUT2D eigenvalue weighted by Gasteiger charge is 2.68. The van der Waals surface area contributed by atoms with E-state index >= 15 is 0 Å². The Balaban J connectivity index is 0.903. The molecule has 19 heteroatoms. The van der Waals surface area contributed by atoms with Crippen LogP contribution in [0.2, 0.25) is 0 Å². The van der Waals surface area contributed by atoms with Crippen molar-refractivity contribution >= 4 is 5.97 Å². The van der Waals surface area contributed by atoms with Crippen molar-refractivity contribution in [1.82, 2.24) is 0 Å². The van der Waals surface area contributed by atoms with Gasteiger partial charge in [0.2, 0.25) is 0 Å². The molecule has 0 bridgehead atoms. The van der Waals surface area contributed by atoms with Crippen LogP contribution in [0.1, 0.15) is 92.4 Å². The molecule has 372 valence electrons. The first-order valence-corrected chi connectivity index (χ1v) is 23.8. The number of carbonyl (C=O) groups is 1. The molecule has 4 aliphatic heterocycles. The Hall–Kier alpha value is -1.47. The Bertz CT molecular complexity index is 1700. The number of aliphatic hydroxyl groups is 9. The number of carboxylic acids is 1. The number of rotatable bonds is 13. The predicted octanol–water partition coefficient (Wildman–Crippen LogP) is -0.0851. The molecule has 0 spiro atoms. The summed E-state index contributed by atoms with van der Waals surface area (Å²) < 4.78 is 48.4. The minimum Gasteiger partial charge on any atom is -0.479 e. The molecule has 8 rings (SSSR count). The van der Waals surface area contributed by atoms with Crippen molar-refractivity contribution in [3.8, 4) is 0 Å². The zero-order valence-electron chi connectivity index (χ0n) is 38.3. The number of carboxylic acid groups (broad SMARTS) is 1. The van der Waals surface area contributed by atoms with Gasteiger partial charge < -0.3 is 89.0 Å². The van der Waals surface area contributed by atoms with Gasteiger partial charge in [-0.3, -0.25) is 0 Å². The van der Waals surface area contributed by atoms with Crippen molar-refractivity contribution in [1.29, 1.82) is 0 Å². The number of hydrogen-bond donors (Lipinski definition) is 10. The maximum Gasteiger partial charge on any atom is 0.335 e. The summed E-state index contributed by atoms with van der Waals surface area (Å²) in [7, 11) is 1.72. The Kier molecular flexibility index (Phi) is 14.6. The largest absolute Gasteiger partial charge is 0.479 e. The summed E-state index contributed by atoms with van der Waals surface area (Å²) in [6.07, 6.45) is -13.2. The van der Waals surface area contributed by atoms with Crippen molar-refractivity contribution in [3.63, 3.8) is 0 Å². The minimum absolute atomic E-state index is 0.0138. The van der Waals surface area contributed by atoms with Gasteiger partial charge in [-0.25, -0.2) is 4.79 Å². The third kappa shape index (κ3) is 8.67. The topological polar surface area (TPSA) is 293 Å². The molecule has 19 nitrogen and oxygen atoms in total. The third-order valence-corrected chi connectivity index (χ3v) is 17.7. The van der Waals surface area contributed by atoms with E-state index in [4.69, 9.17) is 37.9 Å². The van der Waals surface area contributed by atoms with Gasteiger partial charge in [0.15, 0.2) is 30.8 Å². The van der Waals surface area contributed by atoms with Crippen LogP contribution in [0.4, 0.5) is 0 Å². The minimum atomic E-state index is -1.89. The predicted molar refractivity (Wildman–Crippen MR) is 223 cm³/mol. The first kappa shape index (κ1) is 49.9. The highest BCUT2D eigenvalue weighted by molar-refractivity contribution is 5.73. The number of fused-ring (bicyclic) bond motifs is 7. The second-order valence-electron chi connectivity index (χ2n) is 21.2. The van der Waals surface area contributed by atoms with E-state index in [2.05, 4.69) is 26.8 Å². The van der Waals surface area contributed by atoms with Gasteiger partial charge in [0, 0.05) is 19.4 Å². The number of ether oxygens (including phenoxy) is 8. The van der Waals surface area contributed by atoms with Gasteiger partial charge in [-0.1, -0.05) is 39.3 Å². The summed E-state index contributed by atoms with van der Waals surface area (Å²) in [6, 6.07) is 0. The number of hydrogen-bond acceptors (Lipinski definition) is 18. The molecule has 4 saturated heterocycles. The van der Waals surface area contributed by atoms with Gasteiger partial charge in [0.05, 0.1) is 31.5 Å². The van der Waals surface area contributed by atoms with E-state index in [1.54, 1.807) is 7.11 Å². The second-order valence-corrected chi connectivity index (χ2v) is 21.2. The van der Waals surface area contributed by atoms with E-state index in [0.717, 1.165) is 32.1 Å². The fourth-order valence-electron chi connectivity index (χ4n) is 13.8. The molecule has 26 atom stereocenters. The average Bonchev–Trinajstić information content (AvgIpc) is 3.74. The molecule has 0 amide bonds. The normalized spacial score (nSPS) is 53.6. The molecule has 7 fully saturated rings. The van der Waals surface area contributed by atoms with Crippen molar-refractivity contribution in [2.45, 2.75) is 203 Å². The maximum atomic E-state index is 12.1. The van der Waals surface area contributed by atoms with Gasteiger partial charge >= 0.3 is 5.97 Å². The van der Waals surface area contributed by atoms with E-state index in [1.165, 1.54) is 12.5 Å². The van der Waals surface area contributed by atoms with Crippen LogP contribution in [0.15, 0.2) is 11.6 Å². The Labute approximate surface area is 379 Å². The lowest BCUT2D eigenvalue weighted by Gasteiger charge is -2.58. The highest BCUT2D eigenvalue weighted by atomic mass is 16.8. The molecule has 65 heavy (non-hydrogen) atoms. The van der Waals surface area contributed by atoms with Crippen molar-refractivity contribution in [2.75, 3.05) is 20.3 Å².